The fraction of sp³-hybridized carbons (Fsp3) is 0.625. The van der Waals surface area contributed by atoms with Crippen LogP contribution in [0.4, 0.5) is 4.79 Å². The fourth-order valence-corrected chi connectivity index (χ4v) is 4.36. The van der Waals surface area contributed by atoms with Crippen molar-refractivity contribution in [3.05, 3.63) is 47.8 Å². The smallest absolute Gasteiger partial charge is 0.319 e. The highest BCUT2D eigenvalue weighted by atomic mass is 35.5. The molecule has 0 spiro atoms. The Balaban J connectivity index is 0.00000341. The highest BCUT2D eigenvalue weighted by Crippen LogP contribution is 2.29. The number of halogens is 1. The van der Waals surface area contributed by atoms with Gasteiger partial charge in [-0.15, -0.1) is 12.4 Å². The Morgan fingerprint density at radius 3 is 2.61 bits per heavy atom. The van der Waals surface area contributed by atoms with Crippen molar-refractivity contribution in [2.45, 2.75) is 52.0 Å². The van der Waals surface area contributed by atoms with Crippen LogP contribution in [-0.4, -0.2) is 67.0 Å². The monoisotopic (exact) mass is 451 g/mol. The van der Waals surface area contributed by atoms with Crippen molar-refractivity contribution in [1.29, 1.82) is 0 Å². The minimum atomic E-state index is 0. The molecule has 0 N–H and O–H groups in total. The van der Waals surface area contributed by atoms with E-state index in [1.165, 1.54) is 5.57 Å². The zero-order valence-electron chi connectivity index (χ0n) is 19.4. The van der Waals surface area contributed by atoms with Crippen LogP contribution in [0.2, 0.25) is 0 Å². The molecule has 1 saturated heterocycles. The molecule has 174 valence electrons. The van der Waals surface area contributed by atoms with E-state index >= 15 is 0 Å². The van der Waals surface area contributed by atoms with Gasteiger partial charge in [0.25, 0.3) is 0 Å². The molecule has 1 atom stereocenters. The van der Waals surface area contributed by atoms with Gasteiger partial charge >= 0.3 is 6.03 Å². The van der Waals surface area contributed by atoms with Crippen molar-refractivity contribution in [3.63, 3.8) is 0 Å². The third kappa shape index (κ3) is 7.04. The van der Waals surface area contributed by atoms with Crippen molar-refractivity contribution in [2.24, 2.45) is 5.92 Å². The normalized spacial score (nSPS) is 20.0. The molecule has 3 rings (SSSR count). The first kappa shape index (κ1) is 25.3. The summed E-state index contributed by atoms with van der Waals surface area (Å²) in [6.07, 6.45) is 14.8. The number of carbonyl (C=O) groups excluding carboxylic acids is 1. The molecule has 0 radical (unpaired) electrons. The molecule has 0 bridgehead atoms. The molecule has 0 saturated carbocycles. The summed E-state index contributed by atoms with van der Waals surface area (Å²) in [5.41, 5.74) is 1.20. The van der Waals surface area contributed by atoms with E-state index in [0.29, 0.717) is 12.0 Å². The third-order valence-corrected chi connectivity index (χ3v) is 6.23. The van der Waals surface area contributed by atoms with Crippen LogP contribution in [0.5, 0.6) is 0 Å². The molecule has 2 amide bonds. The molecule has 7 heteroatoms. The van der Waals surface area contributed by atoms with Gasteiger partial charge in [0.15, 0.2) is 5.76 Å². The summed E-state index contributed by atoms with van der Waals surface area (Å²) >= 11 is 0. The minimum absolute atomic E-state index is 0. The molecular formula is C24H38ClN3O3. The fourth-order valence-electron chi connectivity index (χ4n) is 4.36. The maximum absolute atomic E-state index is 12.2. The number of nitrogens with zero attached hydrogens (tertiary/aromatic N) is 3. The number of urea groups is 1. The number of hydrogen-bond acceptors (Lipinski definition) is 4. The van der Waals surface area contributed by atoms with Crippen LogP contribution in [0, 0.1) is 5.92 Å². The van der Waals surface area contributed by atoms with Gasteiger partial charge in [-0.2, -0.15) is 0 Å². The summed E-state index contributed by atoms with van der Waals surface area (Å²) < 4.78 is 11.8. The average molecular weight is 452 g/mol. The molecule has 3 aliphatic rings. The van der Waals surface area contributed by atoms with Crippen molar-refractivity contribution in [3.8, 4) is 0 Å². The number of carbonyl (C=O) groups is 1. The van der Waals surface area contributed by atoms with Gasteiger partial charge in [-0.1, -0.05) is 25.2 Å². The number of allylic oxidation sites excluding steroid dienone is 4. The first-order valence-electron chi connectivity index (χ1n) is 11.3. The maximum Gasteiger partial charge on any atom is 0.319 e. The molecule has 31 heavy (non-hydrogen) atoms. The Morgan fingerprint density at radius 1 is 1.26 bits per heavy atom. The van der Waals surface area contributed by atoms with Gasteiger partial charge in [0.2, 0.25) is 0 Å². The zero-order chi connectivity index (χ0) is 21.5. The van der Waals surface area contributed by atoms with E-state index < -0.39 is 0 Å². The molecule has 0 aromatic heterocycles. The molecule has 2 aliphatic heterocycles. The Hall–Kier alpha value is -1.92. The second-order valence-electron chi connectivity index (χ2n) is 8.71. The van der Waals surface area contributed by atoms with Gasteiger partial charge in [0, 0.05) is 46.2 Å². The molecule has 6 nitrogen and oxygen atoms in total. The maximum atomic E-state index is 12.2. The third-order valence-electron chi connectivity index (χ3n) is 6.23. The number of amides is 2. The van der Waals surface area contributed by atoms with Crippen LogP contribution in [-0.2, 0) is 9.47 Å². The number of piperidine rings is 1. The lowest BCUT2D eigenvalue weighted by molar-refractivity contribution is 0.114. The summed E-state index contributed by atoms with van der Waals surface area (Å²) in [4.78, 5) is 18.3. The van der Waals surface area contributed by atoms with E-state index in [9.17, 15) is 4.79 Å². The predicted molar refractivity (Wildman–Crippen MR) is 127 cm³/mol. The van der Waals surface area contributed by atoms with Gasteiger partial charge in [-0.05, 0) is 50.6 Å². The van der Waals surface area contributed by atoms with Crippen LogP contribution < -0.4 is 0 Å². The van der Waals surface area contributed by atoms with Crippen LogP contribution in [0.1, 0.15) is 46.0 Å². The van der Waals surface area contributed by atoms with Crippen molar-refractivity contribution >= 4 is 18.4 Å². The van der Waals surface area contributed by atoms with Crippen molar-refractivity contribution in [2.75, 3.05) is 40.3 Å². The van der Waals surface area contributed by atoms with Crippen molar-refractivity contribution in [1.82, 2.24) is 14.7 Å². The molecule has 2 heterocycles. The molecular weight excluding hydrogens is 414 g/mol. The number of hydrogen-bond donors (Lipinski definition) is 0. The highest BCUT2D eigenvalue weighted by molar-refractivity contribution is 5.85. The van der Waals surface area contributed by atoms with E-state index in [-0.39, 0.29) is 18.4 Å². The highest BCUT2D eigenvalue weighted by Gasteiger charge is 2.27. The Labute approximate surface area is 193 Å². The van der Waals surface area contributed by atoms with Gasteiger partial charge < -0.3 is 24.2 Å². The number of rotatable bonds is 7. The SMILES string of the molecule is CCN(CC1CCN(C(=O)N(C)C)CC1)C(C)CC1=COC=C(C2=CC=CCC2)O1.Cl. The van der Waals surface area contributed by atoms with Crippen LogP contribution >= 0.6 is 12.4 Å². The Bertz CT molecular complexity index is 722. The van der Waals surface area contributed by atoms with Gasteiger partial charge in [0.1, 0.15) is 18.3 Å². The van der Waals surface area contributed by atoms with Gasteiger partial charge in [-0.25, -0.2) is 4.79 Å². The van der Waals surface area contributed by atoms with Crippen molar-refractivity contribution < 1.29 is 14.3 Å². The molecule has 1 unspecified atom stereocenters. The first-order chi connectivity index (χ1) is 14.5. The largest absolute Gasteiger partial charge is 0.465 e. The summed E-state index contributed by atoms with van der Waals surface area (Å²) in [7, 11) is 3.64. The zero-order valence-corrected chi connectivity index (χ0v) is 20.2. The molecule has 1 fully saturated rings. The van der Waals surface area contributed by atoms with Gasteiger partial charge in [-0.3, -0.25) is 0 Å². The second-order valence-corrected chi connectivity index (χ2v) is 8.71. The van der Waals surface area contributed by atoms with Crippen LogP contribution in [0.15, 0.2) is 47.8 Å². The Morgan fingerprint density at radius 2 is 2.00 bits per heavy atom. The lowest BCUT2D eigenvalue weighted by Gasteiger charge is -2.37. The number of ether oxygens (including phenoxy) is 2. The van der Waals surface area contributed by atoms with Crippen LogP contribution in [0.25, 0.3) is 0 Å². The predicted octanol–water partition coefficient (Wildman–Crippen LogP) is 4.91. The average Bonchev–Trinajstić information content (AvgIpc) is 2.78. The summed E-state index contributed by atoms with van der Waals surface area (Å²) in [5, 5.41) is 0. The Kier molecular flexibility index (Phi) is 9.97. The molecule has 0 aromatic rings. The van der Waals surface area contributed by atoms with Gasteiger partial charge in [0.05, 0.1) is 0 Å². The summed E-state index contributed by atoms with van der Waals surface area (Å²) in [6.45, 7) is 8.26. The first-order valence-corrected chi connectivity index (χ1v) is 11.3. The topological polar surface area (TPSA) is 45.2 Å². The van der Waals surface area contributed by atoms with E-state index in [1.54, 1.807) is 17.4 Å². The van der Waals surface area contributed by atoms with E-state index in [2.05, 4.69) is 37.0 Å². The lowest BCUT2D eigenvalue weighted by Crippen LogP contribution is -2.46. The van der Waals surface area contributed by atoms with E-state index in [1.807, 2.05) is 19.0 Å². The minimum Gasteiger partial charge on any atom is -0.465 e. The lowest BCUT2D eigenvalue weighted by atomic mass is 9.95. The van der Waals surface area contributed by atoms with E-state index in [0.717, 1.165) is 69.8 Å². The van der Waals surface area contributed by atoms with Crippen LogP contribution in [0.3, 0.4) is 0 Å². The summed E-state index contributed by atoms with van der Waals surface area (Å²) in [5.74, 6) is 2.36. The number of likely N-dealkylation sites (tertiary alicyclic amines) is 1. The standard InChI is InChI=1S/C24H37N3O3.ClH/c1-5-26(16-20-11-13-27(14-12-20)24(28)25(3)4)19(2)15-22-17-29-18-23(30-22)21-9-7-6-8-10-21;/h6-7,9,17-20H,5,8,10-16H2,1-4H3;1H. The quantitative estimate of drug-likeness (QED) is 0.551. The summed E-state index contributed by atoms with van der Waals surface area (Å²) in [6, 6.07) is 0.494. The second kappa shape index (κ2) is 12.2. The molecule has 0 aromatic carbocycles. The van der Waals surface area contributed by atoms with E-state index in [4.69, 9.17) is 9.47 Å². The molecule has 1 aliphatic carbocycles.